The van der Waals surface area contributed by atoms with Crippen LogP contribution in [0.3, 0.4) is 0 Å². The zero-order valence-corrected chi connectivity index (χ0v) is 12.0. The molecule has 0 aliphatic carbocycles. The molecule has 0 bridgehead atoms. The molecule has 0 radical (unpaired) electrons. The Labute approximate surface area is 115 Å². The highest BCUT2D eigenvalue weighted by molar-refractivity contribution is 5.59. The zero-order chi connectivity index (χ0) is 13.3. The lowest BCUT2D eigenvalue weighted by Gasteiger charge is -2.50. The van der Waals surface area contributed by atoms with Crippen LogP contribution < -0.4 is 15.0 Å². The Morgan fingerprint density at radius 1 is 1.26 bits per heavy atom. The minimum Gasteiger partial charge on any atom is -0.489 e. The first-order chi connectivity index (χ1) is 9.19. The van der Waals surface area contributed by atoms with Crippen LogP contribution in [0.5, 0.6) is 5.75 Å². The molecule has 0 amide bonds. The molecule has 104 valence electrons. The lowest BCUT2D eigenvalue weighted by Crippen LogP contribution is -2.61. The van der Waals surface area contributed by atoms with E-state index in [0.717, 1.165) is 12.3 Å². The van der Waals surface area contributed by atoms with Gasteiger partial charge in [-0.15, -0.1) is 0 Å². The van der Waals surface area contributed by atoms with E-state index < -0.39 is 0 Å². The lowest BCUT2D eigenvalue weighted by molar-refractivity contribution is 0.137. The molecule has 1 N–H and O–H groups in total. The highest BCUT2D eigenvalue weighted by Crippen LogP contribution is 2.38. The fraction of sp³-hybridized carbons (Fsp3) is 0.625. The maximum atomic E-state index is 5.96. The summed E-state index contributed by atoms with van der Waals surface area (Å²) in [4.78, 5) is 2.52. The molecule has 0 aromatic heterocycles. The van der Waals surface area contributed by atoms with E-state index in [9.17, 15) is 0 Å². The van der Waals surface area contributed by atoms with Gasteiger partial charge in [0, 0.05) is 31.6 Å². The van der Waals surface area contributed by atoms with Gasteiger partial charge in [0.1, 0.15) is 5.75 Å². The van der Waals surface area contributed by atoms with Gasteiger partial charge >= 0.3 is 0 Å². The average molecular weight is 260 g/mol. The van der Waals surface area contributed by atoms with Gasteiger partial charge in [0.15, 0.2) is 0 Å². The van der Waals surface area contributed by atoms with Crippen LogP contribution in [0.2, 0.25) is 0 Å². The van der Waals surface area contributed by atoms with Gasteiger partial charge in [0.2, 0.25) is 0 Å². The van der Waals surface area contributed by atoms with Gasteiger partial charge in [-0.05, 0) is 38.8 Å². The average Bonchev–Trinajstić information content (AvgIpc) is 2.37. The Morgan fingerprint density at radius 2 is 2.05 bits per heavy atom. The van der Waals surface area contributed by atoms with Crippen molar-refractivity contribution >= 4 is 5.69 Å². The highest BCUT2D eigenvalue weighted by Gasteiger charge is 2.41. The molecule has 2 heterocycles. The quantitative estimate of drug-likeness (QED) is 0.904. The first kappa shape index (κ1) is 12.8. The van der Waals surface area contributed by atoms with Crippen molar-refractivity contribution in [2.45, 2.75) is 32.8 Å². The fourth-order valence-corrected chi connectivity index (χ4v) is 3.25. The third-order valence-corrected chi connectivity index (χ3v) is 4.23. The predicted octanol–water partition coefficient (Wildman–Crippen LogP) is 2.66. The van der Waals surface area contributed by atoms with Crippen LogP contribution in [0.1, 0.15) is 26.7 Å². The predicted molar refractivity (Wildman–Crippen MR) is 79.0 cm³/mol. The second kappa shape index (κ2) is 5.04. The number of para-hydroxylation sites is 2. The van der Waals surface area contributed by atoms with E-state index in [1.807, 2.05) is 0 Å². The second-order valence-electron chi connectivity index (χ2n) is 6.26. The lowest BCUT2D eigenvalue weighted by atomic mass is 9.75. The van der Waals surface area contributed by atoms with E-state index in [-0.39, 0.29) is 6.10 Å². The van der Waals surface area contributed by atoms with Crippen LogP contribution in [-0.4, -0.2) is 32.3 Å². The van der Waals surface area contributed by atoms with Crippen LogP contribution in [0.4, 0.5) is 5.69 Å². The molecule has 2 fully saturated rings. The topological polar surface area (TPSA) is 24.5 Å². The summed E-state index contributed by atoms with van der Waals surface area (Å²) < 4.78 is 5.96. The molecule has 1 aromatic carbocycles. The number of nitrogens with one attached hydrogen (secondary N) is 1. The van der Waals surface area contributed by atoms with Crippen molar-refractivity contribution in [2.24, 2.45) is 5.41 Å². The monoisotopic (exact) mass is 260 g/mol. The summed E-state index contributed by atoms with van der Waals surface area (Å²) in [5.74, 6) is 1.03. The first-order valence-corrected chi connectivity index (χ1v) is 7.40. The standard InChI is InChI=1S/C16H24N2O/c1-13(2)19-15-7-4-3-6-14(15)18-9-5-8-16(12-18)10-17-11-16/h3-4,6-7,13,17H,5,8-12H2,1-2H3. The Hall–Kier alpha value is -1.22. The van der Waals surface area contributed by atoms with Crippen LogP contribution in [-0.2, 0) is 0 Å². The normalized spacial score (nSPS) is 21.5. The molecule has 2 aliphatic heterocycles. The smallest absolute Gasteiger partial charge is 0.142 e. The Kier molecular flexibility index (Phi) is 3.40. The molecule has 1 aromatic rings. The second-order valence-corrected chi connectivity index (χ2v) is 6.26. The molecule has 2 saturated heterocycles. The molecule has 3 nitrogen and oxygen atoms in total. The van der Waals surface area contributed by atoms with Crippen molar-refractivity contribution < 1.29 is 4.74 Å². The highest BCUT2D eigenvalue weighted by atomic mass is 16.5. The molecule has 0 unspecified atom stereocenters. The van der Waals surface area contributed by atoms with Crippen molar-refractivity contribution in [1.82, 2.24) is 5.32 Å². The Balaban J connectivity index is 1.81. The molecule has 0 saturated carbocycles. The van der Waals surface area contributed by atoms with Crippen LogP contribution >= 0.6 is 0 Å². The molecule has 3 rings (SSSR count). The van der Waals surface area contributed by atoms with Gasteiger partial charge < -0.3 is 15.0 Å². The van der Waals surface area contributed by atoms with Crippen LogP contribution in [0, 0.1) is 5.41 Å². The number of benzene rings is 1. The van der Waals surface area contributed by atoms with Crippen LogP contribution in [0.25, 0.3) is 0 Å². The number of rotatable bonds is 3. The van der Waals surface area contributed by atoms with Gasteiger partial charge in [-0.2, -0.15) is 0 Å². The number of nitrogens with zero attached hydrogens (tertiary/aromatic N) is 1. The van der Waals surface area contributed by atoms with Crippen LogP contribution in [0.15, 0.2) is 24.3 Å². The maximum absolute atomic E-state index is 5.96. The van der Waals surface area contributed by atoms with E-state index in [0.29, 0.717) is 5.41 Å². The van der Waals surface area contributed by atoms with Crippen molar-refractivity contribution in [3.05, 3.63) is 24.3 Å². The van der Waals surface area contributed by atoms with Gasteiger partial charge in [0.05, 0.1) is 11.8 Å². The Bertz CT molecular complexity index is 440. The fourth-order valence-electron chi connectivity index (χ4n) is 3.25. The van der Waals surface area contributed by atoms with E-state index in [2.05, 4.69) is 48.3 Å². The third kappa shape index (κ3) is 2.57. The van der Waals surface area contributed by atoms with Crippen molar-refractivity contribution in [2.75, 3.05) is 31.1 Å². The summed E-state index contributed by atoms with van der Waals surface area (Å²) in [7, 11) is 0. The third-order valence-electron chi connectivity index (χ3n) is 4.23. The molecule has 0 atom stereocenters. The molecular formula is C16H24N2O. The number of hydrogen-bond donors (Lipinski definition) is 1. The molecule has 1 spiro atoms. The largest absolute Gasteiger partial charge is 0.489 e. The summed E-state index contributed by atoms with van der Waals surface area (Å²) >= 11 is 0. The SMILES string of the molecule is CC(C)Oc1ccccc1N1CCCC2(CNC2)C1. The molecule has 19 heavy (non-hydrogen) atoms. The van der Waals surface area contributed by atoms with Crippen molar-refractivity contribution in [3.63, 3.8) is 0 Å². The van der Waals surface area contributed by atoms with E-state index in [1.165, 1.54) is 38.2 Å². The van der Waals surface area contributed by atoms with E-state index in [4.69, 9.17) is 4.74 Å². The molecular weight excluding hydrogens is 236 g/mol. The first-order valence-electron chi connectivity index (χ1n) is 7.40. The van der Waals surface area contributed by atoms with Gasteiger partial charge in [-0.25, -0.2) is 0 Å². The van der Waals surface area contributed by atoms with Crippen molar-refractivity contribution in [1.29, 1.82) is 0 Å². The summed E-state index contributed by atoms with van der Waals surface area (Å²) in [6.45, 7) is 8.85. The number of hydrogen-bond acceptors (Lipinski definition) is 3. The van der Waals surface area contributed by atoms with Crippen molar-refractivity contribution in [3.8, 4) is 5.75 Å². The minimum atomic E-state index is 0.227. The van der Waals surface area contributed by atoms with E-state index in [1.54, 1.807) is 0 Å². The van der Waals surface area contributed by atoms with Gasteiger partial charge in [-0.3, -0.25) is 0 Å². The number of ether oxygens (including phenoxy) is 1. The number of anilines is 1. The van der Waals surface area contributed by atoms with E-state index >= 15 is 0 Å². The zero-order valence-electron chi connectivity index (χ0n) is 12.0. The minimum absolute atomic E-state index is 0.227. The summed E-state index contributed by atoms with van der Waals surface area (Å²) in [6, 6.07) is 8.47. The molecule has 2 aliphatic rings. The summed E-state index contributed by atoms with van der Waals surface area (Å²) in [5.41, 5.74) is 1.78. The summed E-state index contributed by atoms with van der Waals surface area (Å²) in [6.07, 6.45) is 2.88. The van der Waals surface area contributed by atoms with Gasteiger partial charge in [0.25, 0.3) is 0 Å². The summed E-state index contributed by atoms with van der Waals surface area (Å²) in [5, 5.41) is 3.43. The Morgan fingerprint density at radius 3 is 2.74 bits per heavy atom. The van der Waals surface area contributed by atoms with Gasteiger partial charge in [-0.1, -0.05) is 12.1 Å². The number of piperidine rings is 1. The maximum Gasteiger partial charge on any atom is 0.142 e. The molecule has 3 heteroatoms.